The second-order valence-electron chi connectivity index (χ2n) is 10.7. The van der Waals surface area contributed by atoms with Gasteiger partial charge in [-0.1, -0.05) is 26.8 Å². The van der Waals surface area contributed by atoms with Crippen molar-refractivity contribution in [2.45, 2.75) is 34.1 Å². The van der Waals surface area contributed by atoms with Gasteiger partial charge in [0.1, 0.15) is 16.9 Å². The molecule has 0 saturated heterocycles. The maximum absolute atomic E-state index is 16.1. The molecule has 6 rings (SSSR count). The number of nitrogens with zero attached hydrogens (tertiary/aromatic N) is 6. The third-order valence-electron chi connectivity index (χ3n) is 6.24. The second-order valence-corrected chi connectivity index (χ2v) is 10.7. The summed E-state index contributed by atoms with van der Waals surface area (Å²) in [6, 6.07) is 7.42. The van der Waals surface area contributed by atoms with Gasteiger partial charge in [0, 0.05) is 24.4 Å². The molecule has 0 saturated carbocycles. The minimum Gasteiger partial charge on any atom is -0.336 e. The highest BCUT2D eigenvalue weighted by atomic mass is 19.1. The number of imidazole rings is 2. The summed E-state index contributed by atoms with van der Waals surface area (Å²) >= 11 is 0. The maximum atomic E-state index is 16.1. The molecule has 0 aliphatic rings. The fourth-order valence-electron chi connectivity index (χ4n) is 4.56. The van der Waals surface area contributed by atoms with Crippen molar-refractivity contribution in [3.63, 3.8) is 0 Å². The molecule has 11 heteroatoms. The highest BCUT2D eigenvalue weighted by Crippen LogP contribution is 2.33. The van der Waals surface area contributed by atoms with E-state index in [4.69, 9.17) is 4.98 Å². The van der Waals surface area contributed by atoms with Crippen molar-refractivity contribution in [3.05, 3.63) is 66.9 Å². The fraction of sp³-hybridized carbons (Fsp3) is 0.214. The maximum Gasteiger partial charge on any atom is 0.224 e. The van der Waals surface area contributed by atoms with Crippen LogP contribution in [0.5, 0.6) is 0 Å². The zero-order valence-electron chi connectivity index (χ0n) is 21.9. The molecule has 0 atom stereocenters. The molecule has 0 bridgehead atoms. The van der Waals surface area contributed by atoms with Gasteiger partial charge in [-0.15, -0.1) is 0 Å². The molecule has 10 nitrogen and oxygen atoms in total. The SMILES string of the molecule is Cc1cn(-c2cccc3[nH]c(-c4n[nH]c5cnc(-c6cncc(NC(=O)CC(C)(C)C)c6)c(F)c45)nc23)cn1. The van der Waals surface area contributed by atoms with Crippen LogP contribution in [-0.4, -0.2) is 45.6 Å². The molecule has 0 aliphatic heterocycles. The zero-order chi connectivity index (χ0) is 27.3. The van der Waals surface area contributed by atoms with Crippen LogP contribution in [0.1, 0.15) is 32.9 Å². The van der Waals surface area contributed by atoms with Crippen LogP contribution in [-0.2, 0) is 4.79 Å². The normalized spacial score (nSPS) is 11.9. The molecule has 0 spiro atoms. The monoisotopic (exact) mass is 523 g/mol. The Morgan fingerprint density at radius 2 is 1.95 bits per heavy atom. The number of aryl methyl sites for hydroxylation is 1. The van der Waals surface area contributed by atoms with Gasteiger partial charge < -0.3 is 14.9 Å². The number of aromatic nitrogens is 8. The van der Waals surface area contributed by atoms with E-state index >= 15 is 4.39 Å². The van der Waals surface area contributed by atoms with Gasteiger partial charge in [0.05, 0.1) is 52.2 Å². The van der Waals surface area contributed by atoms with Crippen molar-refractivity contribution in [2.24, 2.45) is 5.41 Å². The number of aromatic amines is 2. The molecule has 0 aliphatic carbocycles. The molecule has 1 amide bonds. The lowest BCUT2D eigenvalue weighted by atomic mass is 9.92. The highest BCUT2D eigenvalue weighted by molar-refractivity contribution is 5.96. The van der Waals surface area contributed by atoms with E-state index in [0.717, 1.165) is 16.9 Å². The van der Waals surface area contributed by atoms with Crippen LogP contribution in [0.3, 0.4) is 0 Å². The number of amides is 1. The Morgan fingerprint density at radius 1 is 1.10 bits per heavy atom. The summed E-state index contributed by atoms with van der Waals surface area (Å²) < 4.78 is 18.0. The van der Waals surface area contributed by atoms with Gasteiger partial charge in [0.2, 0.25) is 5.91 Å². The number of fused-ring (bicyclic) bond motifs is 2. The Labute approximate surface area is 222 Å². The number of carbonyl (C=O) groups excluding carboxylic acids is 1. The van der Waals surface area contributed by atoms with Gasteiger partial charge in [-0.2, -0.15) is 5.10 Å². The van der Waals surface area contributed by atoms with Gasteiger partial charge in [0.25, 0.3) is 0 Å². The second kappa shape index (κ2) is 9.12. The molecule has 1 aromatic carbocycles. The predicted octanol–water partition coefficient (Wildman–Crippen LogP) is 5.57. The van der Waals surface area contributed by atoms with Crippen LogP contribution in [0.15, 0.2) is 55.4 Å². The lowest BCUT2D eigenvalue weighted by Gasteiger charge is -2.17. The summed E-state index contributed by atoms with van der Waals surface area (Å²) in [5, 5.41) is 10.3. The smallest absolute Gasteiger partial charge is 0.224 e. The first-order chi connectivity index (χ1) is 18.7. The minimum atomic E-state index is -0.567. The van der Waals surface area contributed by atoms with Crippen molar-refractivity contribution >= 4 is 33.5 Å². The van der Waals surface area contributed by atoms with E-state index in [0.29, 0.717) is 40.2 Å². The number of anilines is 1. The van der Waals surface area contributed by atoms with Crippen molar-refractivity contribution in [1.29, 1.82) is 0 Å². The number of pyridine rings is 2. The molecule has 3 N–H and O–H groups in total. The van der Waals surface area contributed by atoms with Gasteiger partial charge in [0.15, 0.2) is 11.6 Å². The summed E-state index contributed by atoms with van der Waals surface area (Å²) in [5.74, 6) is -0.294. The third kappa shape index (κ3) is 4.63. The molecule has 5 aromatic heterocycles. The van der Waals surface area contributed by atoms with E-state index in [-0.39, 0.29) is 22.4 Å². The molecule has 196 valence electrons. The Bertz CT molecular complexity index is 1860. The van der Waals surface area contributed by atoms with E-state index in [1.54, 1.807) is 12.4 Å². The lowest BCUT2D eigenvalue weighted by molar-refractivity contribution is -0.117. The Kier molecular flexibility index (Phi) is 5.71. The Balaban J connectivity index is 1.40. The van der Waals surface area contributed by atoms with Crippen molar-refractivity contribution in [1.82, 2.24) is 39.7 Å². The first-order valence-corrected chi connectivity index (χ1v) is 12.4. The predicted molar refractivity (Wildman–Crippen MR) is 147 cm³/mol. The van der Waals surface area contributed by atoms with Crippen molar-refractivity contribution in [2.75, 3.05) is 5.32 Å². The molecule has 0 radical (unpaired) electrons. The van der Waals surface area contributed by atoms with Crippen LogP contribution < -0.4 is 5.32 Å². The molecule has 5 heterocycles. The van der Waals surface area contributed by atoms with E-state index in [9.17, 15) is 4.79 Å². The van der Waals surface area contributed by atoms with Crippen LogP contribution in [0, 0.1) is 18.2 Å². The molecule has 0 fully saturated rings. The number of rotatable bonds is 5. The molecular weight excluding hydrogens is 497 g/mol. The largest absolute Gasteiger partial charge is 0.336 e. The number of hydrogen-bond acceptors (Lipinski definition) is 6. The molecule has 39 heavy (non-hydrogen) atoms. The number of para-hydroxylation sites is 1. The number of halogens is 1. The summed E-state index contributed by atoms with van der Waals surface area (Å²) in [6.45, 7) is 7.88. The molecule has 0 unspecified atom stereocenters. The van der Waals surface area contributed by atoms with Gasteiger partial charge in [-0.25, -0.2) is 14.4 Å². The van der Waals surface area contributed by atoms with E-state index in [1.807, 2.05) is 56.7 Å². The average molecular weight is 524 g/mol. The van der Waals surface area contributed by atoms with Crippen LogP contribution in [0.25, 0.3) is 50.4 Å². The van der Waals surface area contributed by atoms with Crippen molar-refractivity contribution in [3.8, 4) is 28.5 Å². The molecular formula is C28H26FN9O. The van der Waals surface area contributed by atoms with E-state index in [2.05, 4.69) is 35.5 Å². The first kappa shape index (κ1) is 24.4. The minimum absolute atomic E-state index is 0.0928. The summed E-state index contributed by atoms with van der Waals surface area (Å²) in [7, 11) is 0. The van der Waals surface area contributed by atoms with Crippen LogP contribution in [0.4, 0.5) is 10.1 Å². The number of H-pyrrole nitrogens is 2. The molecule has 6 aromatic rings. The fourth-order valence-corrected chi connectivity index (χ4v) is 4.56. The Morgan fingerprint density at radius 3 is 2.72 bits per heavy atom. The quantitative estimate of drug-likeness (QED) is 0.271. The summed E-state index contributed by atoms with van der Waals surface area (Å²) in [6.07, 6.45) is 8.55. The van der Waals surface area contributed by atoms with E-state index in [1.165, 1.54) is 18.6 Å². The number of benzene rings is 1. The standard InChI is InChI=1S/C28H26FN9O/c1-15-13-38(14-32-15)20-7-5-6-18-25(20)35-27(34-18)26-22-19(36-37-26)12-31-24(23(22)29)16-8-17(11-30-10-16)33-21(39)9-28(2,3)4/h5-8,10-14H,9H2,1-4H3,(H,33,39)(H,34,35)(H,36,37). The van der Waals surface area contributed by atoms with Crippen LogP contribution >= 0.6 is 0 Å². The van der Waals surface area contributed by atoms with Gasteiger partial charge in [-0.3, -0.25) is 19.9 Å². The lowest BCUT2D eigenvalue weighted by Crippen LogP contribution is -2.19. The third-order valence-corrected chi connectivity index (χ3v) is 6.24. The van der Waals surface area contributed by atoms with Crippen molar-refractivity contribution < 1.29 is 9.18 Å². The average Bonchev–Trinajstić information content (AvgIpc) is 3.60. The van der Waals surface area contributed by atoms with Gasteiger partial charge >= 0.3 is 0 Å². The Hall–Kier alpha value is -4.93. The summed E-state index contributed by atoms with van der Waals surface area (Å²) in [5.41, 5.74) is 4.80. The first-order valence-electron chi connectivity index (χ1n) is 12.4. The van der Waals surface area contributed by atoms with E-state index < -0.39 is 5.82 Å². The topological polar surface area (TPSA) is 130 Å². The number of nitrogens with one attached hydrogen (secondary N) is 3. The summed E-state index contributed by atoms with van der Waals surface area (Å²) in [4.78, 5) is 33.3. The van der Waals surface area contributed by atoms with Crippen LogP contribution in [0.2, 0.25) is 0 Å². The van der Waals surface area contributed by atoms with Gasteiger partial charge in [-0.05, 0) is 30.5 Å². The highest BCUT2D eigenvalue weighted by Gasteiger charge is 2.22. The number of hydrogen-bond donors (Lipinski definition) is 3. The number of carbonyl (C=O) groups is 1. The zero-order valence-corrected chi connectivity index (χ0v) is 21.9.